The highest BCUT2D eigenvalue weighted by atomic mass is 15.1. The first-order valence-electron chi connectivity index (χ1n) is 6.43. The zero-order chi connectivity index (χ0) is 13.8. The van der Waals surface area contributed by atoms with Crippen molar-refractivity contribution in [3.8, 4) is 11.3 Å². The molecule has 5 heteroatoms. The molecule has 0 bridgehead atoms. The summed E-state index contributed by atoms with van der Waals surface area (Å²) in [6.07, 6.45) is 3.51. The number of aryl methyl sites for hydroxylation is 1. The van der Waals surface area contributed by atoms with Gasteiger partial charge < -0.3 is 5.32 Å². The summed E-state index contributed by atoms with van der Waals surface area (Å²) >= 11 is 0. The standard InChI is InChI=1S/C15H15N5/c1-11-16-8-7-15(19-11)17-10-12-2-4-13(5-3-12)14-6-9-18-20-14/h2-9H,10H2,1H3,(H,18,20)(H,16,17,19). The van der Waals surface area contributed by atoms with Crippen LogP contribution in [0.4, 0.5) is 5.82 Å². The van der Waals surface area contributed by atoms with Crippen LogP contribution in [0.1, 0.15) is 11.4 Å². The Bertz CT molecular complexity index is 674. The van der Waals surface area contributed by atoms with E-state index in [0.29, 0.717) is 0 Å². The third-order valence-corrected chi connectivity index (χ3v) is 3.02. The highest BCUT2D eigenvalue weighted by molar-refractivity contribution is 5.58. The van der Waals surface area contributed by atoms with Crippen molar-refractivity contribution >= 4 is 5.82 Å². The Balaban J connectivity index is 1.67. The van der Waals surface area contributed by atoms with Crippen molar-refractivity contribution in [3.63, 3.8) is 0 Å². The normalized spacial score (nSPS) is 10.4. The SMILES string of the molecule is Cc1nccc(NCc2ccc(-c3ccn[nH]3)cc2)n1. The molecule has 100 valence electrons. The van der Waals surface area contributed by atoms with Crippen LogP contribution in [-0.2, 0) is 6.54 Å². The second kappa shape index (κ2) is 5.52. The van der Waals surface area contributed by atoms with Gasteiger partial charge in [0.2, 0.25) is 0 Å². The first kappa shape index (κ1) is 12.3. The summed E-state index contributed by atoms with van der Waals surface area (Å²) in [5.74, 6) is 1.61. The van der Waals surface area contributed by atoms with Crippen LogP contribution in [-0.4, -0.2) is 20.2 Å². The summed E-state index contributed by atoms with van der Waals surface area (Å²) in [6, 6.07) is 12.2. The predicted molar refractivity (Wildman–Crippen MR) is 78.1 cm³/mol. The summed E-state index contributed by atoms with van der Waals surface area (Å²) < 4.78 is 0. The molecule has 0 aliphatic carbocycles. The van der Waals surface area contributed by atoms with Crippen molar-refractivity contribution in [2.45, 2.75) is 13.5 Å². The van der Waals surface area contributed by atoms with Crippen molar-refractivity contribution in [1.29, 1.82) is 0 Å². The van der Waals surface area contributed by atoms with Gasteiger partial charge in [-0.15, -0.1) is 0 Å². The maximum absolute atomic E-state index is 4.31. The lowest BCUT2D eigenvalue weighted by Gasteiger charge is -2.06. The maximum Gasteiger partial charge on any atom is 0.129 e. The Kier molecular flexibility index (Phi) is 3.41. The van der Waals surface area contributed by atoms with E-state index in [4.69, 9.17) is 0 Å². The van der Waals surface area contributed by atoms with Gasteiger partial charge in [-0.1, -0.05) is 24.3 Å². The minimum absolute atomic E-state index is 0.736. The molecular weight excluding hydrogens is 250 g/mol. The molecule has 3 rings (SSSR count). The number of aromatic amines is 1. The summed E-state index contributed by atoms with van der Waals surface area (Å²) in [4.78, 5) is 8.39. The molecule has 0 amide bonds. The highest BCUT2D eigenvalue weighted by Crippen LogP contribution is 2.17. The number of benzene rings is 1. The molecule has 0 aliphatic rings. The molecule has 0 saturated heterocycles. The van der Waals surface area contributed by atoms with Gasteiger partial charge in [-0.05, 0) is 30.2 Å². The fourth-order valence-corrected chi connectivity index (χ4v) is 1.97. The highest BCUT2D eigenvalue weighted by Gasteiger charge is 2.00. The molecule has 0 aliphatic heterocycles. The third kappa shape index (κ3) is 2.83. The molecule has 5 nitrogen and oxygen atoms in total. The van der Waals surface area contributed by atoms with E-state index in [0.717, 1.165) is 29.4 Å². The number of anilines is 1. The fraction of sp³-hybridized carbons (Fsp3) is 0.133. The van der Waals surface area contributed by atoms with Crippen LogP contribution in [0.25, 0.3) is 11.3 Å². The topological polar surface area (TPSA) is 66.5 Å². The lowest BCUT2D eigenvalue weighted by Crippen LogP contribution is -2.02. The van der Waals surface area contributed by atoms with Gasteiger partial charge in [0.05, 0.1) is 5.69 Å². The van der Waals surface area contributed by atoms with Crippen LogP contribution in [0.15, 0.2) is 48.8 Å². The minimum Gasteiger partial charge on any atom is -0.366 e. The number of aromatic nitrogens is 4. The summed E-state index contributed by atoms with van der Waals surface area (Å²) in [6.45, 7) is 2.62. The first-order valence-corrected chi connectivity index (χ1v) is 6.43. The Morgan fingerprint density at radius 1 is 1.05 bits per heavy atom. The van der Waals surface area contributed by atoms with Crippen molar-refractivity contribution < 1.29 is 0 Å². The number of nitrogens with one attached hydrogen (secondary N) is 2. The lowest BCUT2D eigenvalue weighted by molar-refractivity contribution is 1.02. The average Bonchev–Trinajstić information content (AvgIpc) is 3.00. The van der Waals surface area contributed by atoms with Crippen molar-refractivity contribution in [3.05, 3.63) is 60.2 Å². The number of hydrogen-bond acceptors (Lipinski definition) is 4. The smallest absolute Gasteiger partial charge is 0.129 e. The molecule has 0 saturated carbocycles. The summed E-state index contributed by atoms with van der Waals surface area (Å²) in [7, 11) is 0. The Morgan fingerprint density at radius 3 is 2.60 bits per heavy atom. The molecule has 0 fully saturated rings. The zero-order valence-corrected chi connectivity index (χ0v) is 11.2. The number of hydrogen-bond donors (Lipinski definition) is 2. The van der Waals surface area contributed by atoms with E-state index < -0.39 is 0 Å². The van der Waals surface area contributed by atoms with Gasteiger partial charge in [0.15, 0.2) is 0 Å². The second-order valence-corrected chi connectivity index (χ2v) is 4.51. The molecule has 1 aromatic carbocycles. The molecule has 2 aromatic heterocycles. The van der Waals surface area contributed by atoms with Crippen molar-refractivity contribution in [1.82, 2.24) is 20.2 Å². The number of nitrogens with zero attached hydrogens (tertiary/aromatic N) is 3. The fourth-order valence-electron chi connectivity index (χ4n) is 1.97. The van der Waals surface area contributed by atoms with Gasteiger partial charge in [-0.2, -0.15) is 5.10 Å². The van der Waals surface area contributed by atoms with E-state index in [1.807, 2.05) is 19.1 Å². The van der Waals surface area contributed by atoms with Gasteiger partial charge in [0.25, 0.3) is 0 Å². The van der Waals surface area contributed by atoms with Gasteiger partial charge >= 0.3 is 0 Å². The van der Waals surface area contributed by atoms with Crippen molar-refractivity contribution in [2.24, 2.45) is 0 Å². The predicted octanol–water partition coefficient (Wildman–Crippen LogP) is 2.79. The molecule has 3 aromatic rings. The molecule has 2 N–H and O–H groups in total. The summed E-state index contributed by atoms with van der Waals surface area (Å²) in [5, 5.41) is 10.2. The van der Waals surface area contributed by atoms with Crippen LogP contribution in [0.5, 0.6) is 0 Å². The van der Waals surface area contributed by atoms with Crippen LogP contribution >= 0.6 is 0 Å². The molecule has 2 heterocycles. The zero-order valence-electron chi connectivity index (χ0n) is 11.2. The largest absolute Gasteiger partial charge is 0.366 e. The molecule has 0 unspecified atom stereocenters. The minimum atomic E-state index is 0.736. The lowest BCUT2D eigenvalue weighted by atomic mass is 10.1. The van der Waals surface area contributed by atoms with E-state index in [9.17, 15) is 0 Å². The molecular formula is C15H15N5. The third-order valence-electron chi connectivity index (χ3n) is 3.02. The molecule has 0 spiro atoms. The van der Waals surface area contributed by atoms with Crippen LogP contribution < -0.4 is 5.32 Å². The van der Waals surface area contributed by atoms with Gasteiger partial charge in [0, 0.05) is 18.9 Å². The van der Waals surface area contributed by atoms with Crippen LogP contribution in [0, 0.1) is 6.92 Å². The van der Waals surface area contributed by atoms with E-state index >= 15 is 0 Å². The van der Waals surface area contributed by atoms with E-state index in [1.165, 1.54) is 5.56 Å². The molecule has 0 radical (unpaired) electrons. The summed E-state index contributed by atoms with van der Waals surface area (Å²) in [5.41, 5.74) is 3.35. The van der Waals surface area contributed by atoms with Gasteiger partial charge in [-0.25, -0.2) is 9.97 Å². The van der Waals surface area contributed by atoms with Crippen molar-refractivity contribution in [2.75, 3.05) is 5.32 Å². The van der Waals surface area contributed by atoms with E-state index in [-0.39, 0.29) is 0 Å². The second-order valence-electron chi connectivity index (χ2n) is 4.51. The maximum atomic E-state index is 4.31. The van der Waals surface area contributed by atoms with Crippen LogP contribution in [0.2, 0.25) is 0 Å². The number of H-pyrrole nitrogens is 1. The van der Waals surface area contributed by atoms with Gasteiger partial charge in [0.1, 0.15) is 11.6 Å². The number of rotatable bonds is 4. The Labute approximate surface area is 117 Å². The van der Waals surface area contributed by atoms with Crippen LogP contribution in [0.3, 0.4) is 0 Å². The quantitative estimate of drug-likeness (QED) is 0.761. The van der Waals surface area contributed by atoms with E-state index in [2.05, 4.69) is 49.7 Å². The molecule has 0 atom stereocenters. The Hall–Kier alpha value is -2.69. The van der Waals surface area contributed by atoms with Gasteiger partial charge in [-0.3, -0.25) is 5.10 Å². The molecule has 20 heavy (non-hydrogen) atoms. The first-order chi connectivity index (χ1) is 9.81. The monoisotopic (exact) mass is 265 g/mol. The average molecular weight is 265 g/mol. The Morgan fingerprint density at radius 2 is 1.90 bits per heavy atom. The van der Waals surface area contributed by atoms with E-state index in [1.54, 1.807) is 12.4 Å².